The number of thiocarbonyl (C=S) groups is 1. The number of nitrogens with one attached hydrogen (secondary N) is 1. The fourth-order valence-electron chi connectivity index (χ4n) is 6.50. The SMILES string of the molecule is COC1COCCC1N[C@@H]1C[C@H]2CN(C(N)=S)C[C@@]2(C(=O)N2CCc3ncc(C(F)(F)F)cc3C2)C1. The maximum atomic E-state index is 14.1. The number of rotatable bonds is 4. The van der Waals surface area contributed by atoms with Gasteiger partial charge in [0.1, 0.15) is 0 Å². The van der Waals surface area contributed by atoms with Crippen LogP contribution in [0.1, 0.15) is 36.1 Å². The molecule has 5 rings (SSSR count). The minimum Gasteiger partial charge on any atom is -0.379 e. The van der Waals surface area contributed by atoms with Crippen LogP contribution in [0.4, 0.5) is 13.2 Å². The molecule has 1 saturated carbocycles. The number of hydrogen-bond acceptors (Lipinski definition) is 6. The van der Waals surface area contributed by atoms with Crippen molar-refractivity contribution in [2.45, 2.75) is 56.6 Å². The number of carbonyl (C=O) groups excluding carboxylic acids is 1. The monoisotopic (exact) mass is 527 g/mol. The number of carbonyl (C=O) groups is 1. The van der Waals surface area contributed by atoms with Gasteiger partial charge in [0.15, 0.2) is 5.11 Å². The molecule has 198 valence electrons. The summed E-state index contributed by atoms with van der Waals surface area (Å²) in [6, 6.07) is 1.38. The molecule has 5 atom stereocenters. The maximum absolute atomic E-state index is 14.1. The van der Waals surface area contributed by atoms with E-state index >= 15 is 0 Å². The van der Waals surface area contributed by atoms with Crippen LogP contribution in [-0.2, 0) is 33.4 Å². The number of nitrogens with zero attached hydrogens (tertiary/aromatic N) is 3. The third kappa shape index (κ3) is 4.68. The first-order chi connectivity index (χ1) is 17.1. The van der Waals surface area contributed by atoms with E-state index in [0.717, 1.165) is 25.1 Å². The van der Waals surface area contributed by atoms with E-state index in [1.165, 1.54) is 0 Å². The van der Waals surface area contributed by atoms with E-state index in [4.69, 9.17) is 27.4 Å². The largest absolute Gasteiger partial charge is 0.417 e. The van der Waals surface area contributed by atoms with Crippen LogP contribution >= 0.6 is 12.2 Å². The number of methoxy groups -OCH3 is 1. The molecule has 1 amide bonds. The van der Waals surface area contributed by atoms with Crippen LogP contribution in [0.25, 0.3) is 0 Å². The van der Waals surface area contributed by atoms with Crippen LogP contribution in [0.5, 0.6) is 0 Å². The normalized spacial score (nSPS) is 32.3. The Hall–Kier alpha value is -2.02. The minimum atomic E-state index is -4.48. The van der Waals surface area contributed by atoms with Crippen LogP contribution in [0.15, 0.2) is 12.3 Å². The van der Waals surface area contributed by atoms with Crippen LogP contribution in [0.3, 0.4) is 0 Å². The summed E-state index contributed by atoms with van der Waals surface area (Å²) in [6.07, 6.45) is -0.979. The van der Waals surface area contributed by atoms with Crippen molar-refractivity contribution in [3.05, 3.63) is 29.1 Å². The van der Waals surface area contributed by atoms with Gasteiger partial charge in [-0.15, -0.1) is 0 Å². The van der Waals surface area contributed by atoms with Gasteiger partial charge >= 0.3 is 6.18 Å². The van der Waals surface area contributed by atoms with Crippen molar-refractivity contribution in [3.8, 4) is 0 Å². The van der Waals surface area contributed by atoms with Crippen molar-refractivity contribution >= 4 is 23.2 Å². The zero-order valence-corrected chi connectivity index (χ0v) is 21.0. The number of pyridine rings is 1. The number of halogens is 3. The zero-order chi connectivity index (χ0) is 25.7. The van der Waals surface area contributed by atoms with Gasteiger partial charge in [-0.2, -0.15) is 13.2 Å². The molecule has 4 heterocycles. The molecule has 3 fully saturated rings. The van der Waals surface area contributed by atoms with Crippen LogP contribution in [0.2, 0.25) is 0 Å². The summed E-state index contributed by atoms with van der Waals surface area (Å²) >= 11 is 5.24. The Labute approximate surface area is 213 Å². The Morgan fingerprint density at radius 3 is 2.92 bits per heavy atom. The Kier molecular flexibility index (Phi) is 6.90. The molecule has 0 bridgehead atoms. The van der Waals surface area contributed by atoms with Gasteiger partial charge in [0, 0.05) is 70.3 Å². The quantitative estimate of drug-likeness (QED) is 0.572. The highest BCUT2D eigenvalue weighted by molar-refractivity contribution is 7.80. The molecular weight excluding hydrogens is 495 g/mol. The number of hydrogen-bond donors (Lipinski definition) is 2. The summed E-state index contributed by atoms with van der Waals surface area (Å²) in [4.78, 5) is 21.8. The summed E-state index contributed by atoms with van der Waals surface area (Å²) in [5.41, 5.74) is 5.54. The molecular formula is C24H32F3N5O3S. The molecule has 3 N–H and O–H groups in total. The van der Waals surface area contributed by atoms with E-state index in [2.05, 4.69) is 10.3 Å². The van der Waals surface area contributed by atoms with Crippen molar-refractivity contribution in [3.63, 3.8) is 0 Å². The first kappa shape index (κ1) is 25.6. The third-order valence-corrected chi connectivity index (χ3v) is 8.58. The first-order valence-electron chi connectivity index (χ1n) is 12.4. The van der Waals surface area contributed by atoms with Crippen molar-refractivity contribution < 1.29 is 27.4 Å². The molecule has 8 nitrogen and oxygen atoms in total. The van der Waals surface area contributed by atoms with Gasteiger partial charge in [0.2, 0.25) is 5.91 Å². The molecule has 0 aromatic carbocycles. The number of amides is 1. The molecule has 1 aliphatic carbocycles. The smallest absolute Gasteiger partial charge is 0.379 e. The number of fused-ring (bicyclic) bond motifs is 2. The van der Waals surface area contributed by atoms with Crippen molar-refractivity contribution in [1.82, 2.24) is 20.1 Å². The summed E-state index contributed by atoms with van der Waals surface area (Å²) < 4.78 is 50.9. The molecule has 3 aliphatic heterocycles. The maximum Gasteiger partial charge on any atom is 0.417 e. The Morgan fingerprint density at radius 1 is 1.39 bits per heavy atom. The first-order valence-corrected chi connectivity index (χ1v) is 12.8. The van der Waals surface area contributed by atoms with E-state index in [9.17, 15) is 18.0 Å². The van der Waals surface area contributed by atoms with Crippen molar-refractivity contribution in [2.24, 2.45) is 17.1 Å². The molecule has 1 aromatic heterocycles. The van der Waals surface area contributed by atoms with E-state index in [0.29, 0.717) is 56.9 Å². The number of ether oxygens (including phenoxy) is 2. The minimum absolute atomic E-state index is 0.0334. The lowest BCUT2D eigenvalue weighted by Gasteiger charge is -2.37. The molecule has 1 aromatic rings. The summed E-state index contributed by atoms with van der Waals surface area (Å²) in [5, 5.41) is 3.99. The summed E-state index contributed by atoms with van der Waals surface area (Å²) in [5.74, 6) is 0.0137. The number of likely N-dealkylation sites (tertiary alicyclic amines) is 1. The number of alkyl halides is 3. The summed E-state index contributed by atoms with van der Waals surface area (Å²) in [7, 11) is 1.68. The zero-order valence-electron chi connectivity index (χ0n) is 20.2. The standard InChI is InChI=1S/C24H32F3N5O3S/c1-34-20-12-35-5-3-19(20)30-17-7-16-11-32(22(28)36)13-23(16,8-17)21(33)31-4-2-18-14(10-31)6-15(9-29-18)24(25,26)27/h6,9,16-17,19-20,30H,2-5,7-8,10-13H2,1H3,(H2,28,36)/t16-,17+,19?,20?,23-/m0/s1. The predicted molar refractivity (Wildman–Crippen MR) is 129 cm³/mol. The molecule has 4 aliphatic rings. The van der Waals surface area contributed by atoms with Gasteiger partial charge in [-0.05, 0) is 49.0 Å². The molecule has 2 saturated heterocycles. The number of aromatic nitrogens is 1. The van der Waals surface area contributed by atoms with Gasteiger partial charge in [0.25, 0.3) is 0 Å². The second-order valence-corrected chi connectivity index (χ2v) is 10.8. The van der Waals surface area contributed by atoms with E-state index in [-0.39, 0.29) is 41.7 Å². The molecule has 36 heavy (non-hydrogen) atoms. The molecule has 12 heteroatoms. The van der Waals surface area contributed by atoms with E-state index in [1.807, 2.05) is 4.90 Å². The van der Waals surface area contributed by atoms with E-state index < -0.39 is 17.2 Å². The molecule has 2 unspecified atom stereocenters. The van der Waals surface area contributed by atoms with Crippen molar-refractivity contribution in [1.29, 1.82) is 0 Å². The van der Waals surface area contributed by atoms with Gasteiger partial charge in [-0.1, -0.05) is 0 Å². The predicted octanol–water partition coefficient (Wildman–Crippen LogP) is 1.70. The Bertz CT molecular complexity index is 1030. The van der Waals surface area contributed by atoms with Gasteiger partial charge in [-0.3, -0.25) is 9.78 Å². The number of nitrogens with two attached hydrogens (primary N) is 1. The highest BCUT2D eigenvalue weighted by Gasteiger charge is 2.59. The highest BCUT2D eigenvalue weighted by atomic mass is 32.1. The third-order valence-electron chi connectivity index (χ3n) is 8.32. The second-order valence-electron chi connectivity index (χ2n) is 10.4. The Morgan fingerprint density at radius 2 is 2.19 bits per heavy atom. The molecule has 0 radical (unpaired) electrons. The average Bonchev–Trinajstić information content (AvgIpc) is 3.38. The lowest BCUT2D eigenvalue weighted by atomic mass is 9.78. The van der Waals surface area contributed by atoms with E-state index in [1.54, 1.807) is 12.0 Å². The van der Waals surface area contributed by atoms with Crippen LogP contribution in [-0.4, -0.2) is 83.9 Å². The van der Waals surface area contributed by atoms with Crippen LogP contribution < -0.4 is 11.1 Å². The average molecular weight is 528 g/mol. The fourth-order valence-corrected chi connectivity index (χ4v) is 6.64. The van der Waals surface area contributed by atoms with Gasteiger partial charge in [0.05, 0.1) is 23.7 Å². The van der Waals surface area contributed by atoms with Gasteiger partial charge < -0.3 is 30.3 Å². The lowest BCUT2D eigenvalue weighted by molar-refractivity contribution is -0.143. The fraction of sp³-hybridized carbons (Fsp3) is 0.708. The topological polar surface area (TPSA) is 92.9 Å². The van der Waals surface area contributed by atoms with Gasteiger partial charge in [-0.25, -0.2) is 0 Å². The van der Waals surface area contributed by atoms with Crippen LogP contribution in [0, 0.1) is 11.3 Å². The highest BCUT2D eigenvalue weighted by Crippen LogP contribution is 2.50. The lowest BCUT2D eigenvalue weighted by Crippen LogP contribution is -2.52. The Balaban J connectivity index is 1.36. The second kappa shape index (κ2) is 9.70. The molecule has 0 spiro atoms. The summed E-state index contributed by atoms with van der Waals surface area (Å²) in [6.45, 7) is 2.77. The van der Waals surface area contributed by atoms with Crippen molar-refractivity contribution in [2.75, 3.05) is 40.0 Å².